The molecule has 7 nitrogen and oxygen atoms in total. The van der Waals surface area contributed by atoms with E-state index >= 15 is 0 Å². The van der Waals surface area contributed by atoms with Crippen LogP contribution in [0.1, 0.15) is 13.8 Å². The van der Waals surface area contributed by atoms with Crippen LogP contribution in [-0.4, -0.2) is 25.9 Å². The Hall–Kier alpha value is -1.93. The first-order chi connectivity index (χ1) is 9.27. The van der Waals surface area contributed by atoms with Crippen LogP contribution in [0, 0.1) is 10.1 Å². The number of benzene rings is 1. The summed E-state index contributed by atoms with van der Waals surface area (Å²) in [5.41, 5.74) is -0.0446. The fourth-order valence-electron chi connectivity index (χ4n) is 1.54. The van der Waals surface area contributed by atoms with E-state index in [1.165, 1.54) is 12.1 Å². The van der Waals surface area contributed by atoms with Crippen LogP contribution in [0.15, 0.2) is 35.7 Å². The van der Waals surface area contributed by atoms with Crippen molar-refractivity contribution in [2.24, 2.45) is 0 Å². The van der Waals surface area contributed by atoms with Gasteiger partial charge in [-0.1, -0.05) is 6.08 Å². The maximum absolute atomic E-state index is 12.0. The Morgan fingerprint density at radius 2 is 2.10 bits per heavy atom. The third-order valence-electron chi connectivity index (χ3n) is 2.30. The second-order valence-electron chi connectivity index (χ2n) is 4.38. The molecule has 1 aromatic carbocycles. The predicted octanol–water partition coefficient (Wildman–Crippen LogP) is 1.88. The number of nitrogens with one attached hydrogen (secondary N) is 2. The maximum atomic E-state index is 12.0. The number of nitro groups is 1. The molecule has 110 valence electrons. The molecule has 1 aromatic rings. The number of rotatable bonds is 7. The lowest BCUT2D eigenvalue weighted by Gasteiger charge is -2.11. The number of anilines is 1. The van der Waals surface area contributed by atoms with Gasteiger partial charge in [0.25, 0.3) is 5.69 Å². The lowest BCUT2D eigenvalue weighted by atomic mass is 10.2. The second kappa shape index (κ2) is 6.49. The number of hydrogen-bond acceptors (Lipinski definition) is 5. The van der Waals surface area contributed by atoms with Crippen molar-refractivity contribution in [3.63, 3.8) is 0 Å². The van der Waals surface area contributed by atoms with Gasteiger partial charge in [0.1, 0.15) is 5.69 Å². The summed E-state index contributed by atoms with van der Waals surface area (Å²) in [6, 6.07) is 3.44. The minimum Gasteiger partial charge on any atom is -0.376 e. The van der Waals surface area contributed by atoms with Crippen LogP contribution in [0.25, 0.3) is 0 Å². The van der Waals surface area contributed by atoms with Gasteiger partial charge in [0.05, 0.1) is 9.82 Å². The summed E-state index contributed by atoms with van der Waals surface area (Å²) in [4.78, 5) is 10.2. The Morgan fingerprint density at radius 3 is 2.60 bits per heavy atom. The van der Waals surface area contributed by atoms with Gasteiger partial charge in [-0.2, -0.15) is 0 Å². The molecule has 8 heteroatoms. The van der Waals surface area contributed by atoms with Crippen molar-refractivity contribution in [1.29, 1.82) is 0 Å². The van der Waals surface area contributed by atoms with Crippen molar-refractivity contribution in [2.75, 3.05) is 11.9 Å². The molecule has 0 radical (unpaired) electrons. The molecule has 0 heterocycles. The van der Waals surface area contributed by atoms with E-state index < -0.39 is 14.9 Å². The number of sulfonamides is 1. The van der Waals surface area contributed by atoms with Crippen LogP contribution in [0.3, 0.4) is 0 Å². The smallest absolute Gasteiger partial charge is 0.293 e. The van der Waals surface area contributed by atoms with E-state index in [2.05, 4.69) is 16.6 Å². The lowest BCUT2D eigenvalue weighted by Crippen LogP contribution is -2.30. The summed E-state index contributed by atoms with van der Waals surface area (Å²) in [7, 11) is -3.76. The SMILES string of the molecule is C=CCNc1ccc(S(=O)(=O)NC(C)C)cc1[N+](=O)[O-]. The Kier molecular flexibility index (Phi) is 5.23. The van der Waals surface area contributed by atoms with E-state index in [9.17, 15) is 18.5 Å². The zero-order chi connectivity index (χ0) is 15.3. The summed E-state index contributed by atoms with van der Waals surface area (Å²) in [6.45, 7) is 7.19. The van der Waals surface area contributed by atoms with E-state index in [4.69, 9.17) is 0 Å². The maximum Gasteiger partial charge on any atom is 0.293 e. The van der Waals surface area contributed by atoms with Crippen molar-refractivity contribution in [2.45, 2.75) is 24.8 Å². The molecule has 0 amide bonds. The molecule has 20 heavy (non-hydrogen) atoms. The van der Waals surface area contributed by atoms with Crippen molar-refractivity contribution >= 4 is 21.4 Å². The van der Waals surface area contributed by atoms with Crippen molar-refractivity contribution in [3.8, 4) is 0 Å². The Bertz CT molecular complexity index is 611. The van der Waals surface area contributed by atoms with Crippen molar-refractivity contribution in [1.82, 2.24) is 4.72 Å². The second-order valence-corrected chi connectivity index (χ2v) is 6.10. The number of nitro benzene ring substituents is 1. The van der Waals surface area contributed by atoms with E-state index in [1.807, 2.05) is 0 Å². The van der Waals surface area contributed by atoms with Gasteiger partial charge in [0.2, 0.25) is 10.0 Å². The van der Waals surface area contributed by atoms with Gasteiger partial charge in [-0.05, 0) is 26.0 Å². The molecule has 0 fully saturated rings. The molecule has 2 N–H and O–H groups in total. The van der Waals surface area contributed by atoms with Crippen molar-refractivity contribution in [3.05, 3.63) is 41.0 Å². The lowest BCUT2D eigenvalue weighted by molar-refractivity contribution is -0.384. The molecule has 0 unspecified atom stereocenters. The van der Waals surface area contributed by atoms with Crippen LogP contribution in [-0.2, 0) is 10.0 Å². The van der Waals surface area contributed by atoms with Gasteiger partial charge >= 0.3 is 0 Å². The number of hydrogen-bond donors (Lipinski definition) is 2. The molecule has 0 aliphatic rings. The average molecular weight is 299 g/mol. The fraction of sp³-hybridized carbons (Fsp3) is 0.333. The summed E-state index contributed by atoms with van der Waals surface area (Å²) >= 11 is 0. The first kappa shape index (κ1) is 16.1. The van der Waals surface area contributed by atoms with Gasteiger partial charge in [0.15, 0.2) is 0 Å². The molecule has 0 aromatic heterocycles. The summed E-state index contributed by atoms with van der Waals surface area (Å²) in [5, 5.41) is 13.8. The third kappa shape index (κ3) is 4.04. The molecule has 0 saturated carbocycles. The van der Waals surface area contributed by atoms with Gasteiger partial charge in [0, 0.05) is 18.7 Å². The predicted molar refractivity (Wildman–Crippen MR) is 77.2 cm³/mol. The quantitative estimate of drug-likeness (QED) is 0.455. The Labute approximate surface area is 117 Å². The zero-order valence-electron chi connectivity index (χ0n) is 11.3. The Balaban J connectivity index is 3.23. The molecule has 0 atom stereocenters. The highest BCUT2D eigenvalue weighted by molar-refractivity contribution is 7.89. The normalized spacial score (nSPS) is 11.3. The standard InChI is InChI=1S/C12H17N3O4S/c1-4-7-13-11-6-5-10(8-12(11)15(16)17)20(18,19)14-9(2)3/h4-6,8-9,13-14H,1,7H2,2-3H3. The highest BCUT2D eigenvalue weighted by atomic mass is 32.2. The van der Waals surface area contributed by atoms with Gasteiger partial charge in [-0.3, -0.25) is 10.1 Å². The number of nitrogens with zero attached hydrogens (tertiary/aromatic N) is 1. The van der Waals surface area contributed by atoms with E-state index in [0.29, 0.717) is 6.54 Å². The van der Waals surface area contributed by atoms with E-state index in [-0.39, 0.29) is 22.3 Å². The molecule has 0 bridgehead atoms. The first-order valence-electron chi connectivity index (χ1n) is 5.93. The molecular weight excluding hydrogens is 282 g/mol. The average Bonchev–Trinajstić information content (AvgIpc) is 2.34. The third-order valence-corrected chi connectivity index (χ3v) is 3.96. The van der Waals surface area contributed by atoms with Gasteiger partial charge in [-0.25, -0.2) is 13.1 Å². The molecule has 0 aliphatic carbocycles. The van der Waals surface area contributed by atoms with Crippen LogP contribution in [0.2, 0.25) is 0 Å². The summed E-state index contributed by atoms with van der Waals surface area (Å²) in [5.74, 6) is 0. The van der Waals surface area contributed by atoms with Gasteiger partial charge < -0.3 is 5.32 Å². The first-order valence-corrected chi connectivity index (χ1v) is 7.41. The Morgan fingerprint density at radius 1 is 1.45 bits per heavy atom. The van der Waals surface area contributed by atoms with Crippen molar-refractivity contribution < 1.29 is 13.3 Å². The fourth-order valence-corrected chi connectivity index (χ4v) is 2.81. The molecular formula is C12H17N3O4S. The topological polar surface area (TPSA) is 101 Å². The summed E-state index contributed by atoms with van der Waals surface area (Å²) in [6.07, 6.45) is 1.55. The summed E-state index contributed by atoms with van der Waals surface area (Å²) < 4.78 is 26.3. The minimum atomic E-state index is -3.76. The highest BCUT2D eigenvalue weighted by Gasteiger charge is 2.21. The zero-order valence-corrected chi connectivity index (χ0v) is 12.1. The van der Waals surface area contributed by atoms with E-state index in [0.717, 1.165) is 6.07 Å². The van der Waals surface area contributed by atoms with Crippen LogP contribution in [0.5, 0.6) is 0 Å². The van der Waals surface area contributed by atoms with Crippen LogP contribution < -0.4 is 10.0 Å². The monoisotopic (exact) mass is 299 g/mol. The molecule has 0 spiro atoms. The van der Waals surface area contributed by atoms with Gasteiger partial charge in [-0.15, -0.1) is 6.58 Å². The molecule has 0 aliphatic heterocycles. The van der Waals surface area contributed by atoms with Crippen LogP contribution >= 0.6 is 0 Å². The minimum absolute atomic E-state index is 0.137. The largest absolute Gasteiger partial charge is 0.376 e. The molecule has 0 saturated heterocycles. The highest BCUT2D eigenvalue weighted by Crippen LogP contribution is 2.27. The van der Waals surface area contributed by atoms with E-state index in [1.54, 1.807) is 19.9 Å². The van der Waals surface area contributed by atoms with Crippen LogP contribution in [0.4, 0.5) is 11.4 Å². The molecule has 1 rings (SSSR count).